The average molecular weight is 472 g/mol. The van der Waals surface area contributed by atoms with Crippen molar-refractivity contribution in [3.8, 4) is 11.5 Å². The van der Waals surface area contributed by atoms with Gasteiger partial charge in [-0.3, -0.25) is 0 Å². The summed E-state index contributed by atoms with van der Waals surface area (Å²) in [5.74, 6) is 2.47. The average Bonchev–Trinajstić information content (AvgIpc) is 3.48. The molecule has 2 aromatic carbocycles. The molecule has 0 bridgehead atoms. The highest BCUT2D eigenvalue weighted by atomic mass is 32.1. The quantitative estimate of drug-likeness (QED) is 0.327. The number of hydrogen-bond donors (Lipinski definition) is 0. The van der Waals surface area contributed by atoms with E-state index in [1.807, 2.05) is 12.1 Å². The molecule has 2 aliphatic carbocycles. The number of ether oxygens (including phenoxy) is 2. The number of benzene rings is 2. The molecule has 5 heteroatoms. The smallest absolute Gasteiger partial charge is 0.182 e. The second kappa shape index (κ2) is 10.2. The number of fused-ring (bicyclic) bond motifs is 3. The van der Waals surface area contributed by atoms with Crippen molar-refractivity contribution in [1.29, 1.82) is 0 Å². The van der Waals surface area contributed by atoms with Gasteiger partial charge >= 0.3 is 0 Å². The zero-order valence-electron chi connectivity index (χ0n) is 19.4. The molecule has 33 heavy (non-hydrogen) atoms. The van der Waals surface area contributed by atoms with E-state index in [0.29, 0.717) is 28.5 Å². The van der Waals surface area contributed by atoms with Crippen LogP contribution in [0.25, 0.3) is 20.2 Å². The molecular formula is C28H33F2O2S. The van der Waals surface area contributed by atoms with Gasteiger partial charge in [-0.1, -0.05) is 32.6 Å². The van der Waals surface area contributed by atoms with Crippen LogP contribution in [0.4, 0.5) is 8.78 Å². The minimum Gasteiger partial charge on any atom is -0.490 e. The van der Waals surface area contributed by atoms with E-state index >= 15 is 8.78 Å². The van der Waals surface area contributed by atoms with Gasteiger partial charge in [0.2, 0.25) is 0 Å². The summed E-state index contributed by atoms with van der Waals surface area (Å²) in [6.07, 6.45) is 11.9. The fourth-order valence-corrected chi connectivity index (χ4v) is 6.68. The lowest BCUT2D eigenvalue weighted by Gasteiger charge is -2.27. The number of thiophene rings is 1. The summed E-state index contributed by atoms with van der Waals surface area (Å²) in [5, 5.41) is 1.46. The van der Waals surface area contributed by atoms with Crippen LogP contribution in [-0.4, -0.2) is 13.2 Å². The second-order valence-corrected chi connectivity index (χ2v) is 10.9. The molecule has 0 spiro atoms. The van der Waals surface area contributed by atoms with Crippen LogP contribution in [-0.2, 0) is 0 Å². The Labute approximate surface area is 199 Å². The molecule has 0 unspecified atom stereocenters. The van der Waals surface area contributed by atoms with E-state index in [2.05, 4.69) is 6.92 Å². The molecule has 177 valence electrons. The van der Waals surface area contributed by atoms with Gasteiger partial charge in [0.05, 0.1) is 22.6 Å². The van der Waals surface area contributed by atoms with Crippen molar-refractivity contribution in [2.24, 2.45) is 11.8 Å². The van der Waals surface area contributed by atoms with Gasteiger partial charge < -0.3 is 9.47 Å². The first-order chi connectivity index (χ1) is 16.1. The summed E-state index contributed by atoms with van der Waals surface area (Å²) in [7, 11) is 0. The van der Waals surface area contributed by atoms with Gasteiger partial charge in [0.1, 0.15) is 0 Å². The topological polar surface area (TPSA) is 18.5 Å². The van der Waals surface area contributed by atoms with Gasteiger partial charge in [0.15, 0.2) is 23.1 Å². The van der Waals surface area contributed by atoms with E-state index < -0.39 is 0 Å². The minimum atomic E-state index is -0.387. The second-order valence-electron chi connectivity index (χ2n) is 9.84. The Balaban J connectivity index is 1.31. The molecule has 1 heterocycles. The van der Waals surface area contributed by atoms with Crippen molar-refractivity contribution in [3.63, 3.8) is 0 Å². The van der Waals surface area contributed by atoms with Gasteiger partial charge in [0.25, 0.3) is 0 Å². The summed E-state index contributed by atoms with van der Waals surface area (Å²) in [6, 6.07) is 7.09. The summed E-state index contributed by atoms with van der Waals surface area (Å²) < 4.78 is 43.2. The van der Waals surface area contributed by atoms with Crippen LogP contribution in [0.1, 0.15) is 71.1 Å². The maximum atomic E-state index is 15.3. The van der Waals surface area contributed by atoms with Crippen LogP contribution in [0.5, 0.6) is 11.5 Å². The molecule has 0 N–H and O–H groups in total. The first-order valence-corrected chi connectivity index (χ1v) is 13.4. The van der Waals surface area contributed by atoms with Gasteiger partial charge in [-0.2, -0.15) is 0 Å². The predicted molar refractivity (Wildman–Crippen MR) is 132 cm³/mol. The Morgan fingerprint density at radius 2 is 1.42 bits per heavy atom. The fraction of sp³-hybridized carbons (Fsp3) is 0.536. The van der Waals surface area contributed by atoms with Gasteiger partial charge in [-0.25, -0.2) is 8.78 Å². The zero-order valence-corrected chi connectivity index (χ0v) is 20.2. The molecule has 0 atom stereocenters. The van der Waals surface area contributed by atoms with Crippen molar-refractivity contribution >= 4 is 31.5 Å². The molecular weight excluding hydrogens is 438 g/mol. The maximum absolute atomic E-state index is 15.3. The minimum absolute atomic E-state index is 0.260. The van der Waals surface area contributed by atoms with Crippen molar-refractivity contribution < 1.29 is 18.3 Å². The van der Waals surface area contributed by atoms with E-state index in [4.69, 9.17) is 9.47 Å². The third-order valence-electron chi connectivity index (χ3n) is 7.51. The molecule has 2 fully saturated rings. The van der Waals surface area contributed by atoms with Gasteiger partial charge in [-0.05, 0) is 74.6 Å². The van der Waals surface area contributed by atoms with Crippen LogP contribution < -0.4 is 9.47 Å². The maximum Gasteiger partial charge on any atom is 0.182 e. The molecule has 1 aromatic heterocycles. The SMILES string of the molecule is CCCC1CC[C](COc2ccc3c(sc4c(F)c(OCC5CCCC5)ccc43)c2F)CC1. The van der Waals surface area contributed by atoms with Crippen molar-refractivity contribution in [2.45, 2.75) is 71.1 Å². The van der Waals surface area contributed by atoms with E-state index in [-0.39, 0.29) is 23.1 Å². The Hall–Kier alpha value is -1.88. The Bertz CT molecular complexity index is 1090. The molecule has 3 aromatic rings. The molecule has 0 amide bonds. The molecule has 2 saturated carbocycles. The van der Waals surface area contributed by atoms with Crippen molar-refractivity contribution in [3.05, 3.63) is 41.8 Å². The highest BCUT2D eigenvalue weighted by molar-refractivity contribution is 7.25. The first kappa shape index (κ1) is 22.9. The molecule has 0 aliphatic heterocycles. The van der Waals surface area contributed by atoms with Gasteiger partial charge in [-0.15, -0.1) is 11.3 Å². The van der Waals surface area contributed by atoms with Crippen LogP contribution in [0.15, 0.2) is 24.3 Å². The molecule has 5 rings (SSSR count). The van der Waals surface area contributed by atoms with Crippen LogP contribution in [0.3, 0.4) is 0 Å². The lowest BCUT2D eigenvalue weighted by molar-refractivity contribution is 0.243. The van der Waals surface area contributed by atoms with Crippen molar-refractivity contribution in [1.82, 2.24) is 0 Å². The van der Waals surface area contributed by atoms with E-state index in [0.717, 1.165) is 53.7 Å². The lowest BCUT2D eigenvalue weighted by atomic mass is 9.80. The number of hydrogen-bond acceptors (Lipinski definition) is 3. The normalized spacial score (nSPS) is 18.5. The van der Waals surface area contributed by atoms with Crippen molar-refractivity contribution in [2.75, 3.05) is 13.2 Å². The number of rotatable bonds is 8. The Kier molecular flexibility index (Phi) is 7.05. The summed E-state index contributed by atoms with van der Waals surface area (Å²) in [4.78, 5) is 0. The Morgan fingerprint density at radius 3 is 2.03 bits per heavy atom. The van der Waals surface area contributed by atoms with E-state index in [9.17, 15) is 0 Å². The molecule has 2 aliphatic rings. The van der Waals surface area contributed by atoms with Crippen LogP contribution >= 0.6 is 11.3 Å². The summed E-state index contributed by atoms with van der Waals surface area (Å²) >= 11 is 1.15. The Morgan fingerprint density at radius 1 is 0.818 bits per heavy atom. The fourth-order valence-electron chi connectivity index (χ4n) is 5.52. The highest BCUT2D eigenvalue weighted by Crippen LogP contribution is 2.42. The van der Waals surface area contributed by atoms with E-state index in [1.165, 1.54) is 44.4 Å². The molecule has 0 saturated heterocycles. The largest absolute Gasteiger partial charge is 0.490 e. The molecule has 2 nitrogen and oxygen atoms in total. The first-order valence-electron chi connectivity index (χ1n) is 12.6. The third kappa shape index (κ3) is 4.84. The van der Waals surface area contributed by atoms with Crippen LogP contribution in [0, 0.1) is 29.4 Å². The monoisotopic (exact) mass is 471 g/mol. The standard InChI is InChI=1S/C28H33F2O2S/c1-2-5-18-8-10-20(11-9-18)17-32-24-15-13-22-21-12-14-23(31-16-19-6-3-4-7-19)25(29)27(21)33-28(22)26(24)30/h12-15,18-19H,2-11,16-17H2,1H3. The summed E-state index contributed by atoms with van der Waals surface area (Å²) in [5.41, 5.74) is 0. The highest BCUT2D eigenvalue weighted by Gasteiger charge is 2.23. The van der Waals surface area contributed by atoms with Crippen LogP contribution in [0.2, 0.25) is 0 Å². The third-order valence-corrected chi connectivity index (χ3v) is 8.71. The van der Waals surface area contributed by atoms with E-state index in [1.54, 1.807) is 12.1 Å². The predicted octanol–water partition coefficient (Wildman–Crippen LogP) is 8.85. The lowest BCUT2D eigenvalue weighted by Crippen LogP contribution is -2.18. The summed E-state index contributed by atoms with van der Waals surface area (Å²) in [6.45, 7) is 3.27. The number of halogens is 2. The van der Waals surface area contributed by atoms with Gasteiger partial charge in [0, 0.05) is 16.7 Å². The molecule has 1 radical (unpaired) electrons. The zero-order chi connectivity index (χ0) is 22.8.